The number of nitrogens with one attached hydrogen (secondary N) is 1. The lowest BCUT2D eigenvalue weighted by molar-refractivity contribution is -0.0809. The Kier molecular flexibility index (Phi) is 3.42. The van der Waals surface area contributed by atoms with Gasteiger partial charge in [0.1, 0.15) is 5.60 Å². The van der Waals surface area contributed by atoms with Gasteiger partial charge in [-0.15, -0.1) is 12.3 Å². The molecular formula is C13H14N2O4. The lowest BCUT2D eigenvalue weighted by atomic mass is 10.0. The highest BCUT2D eigenvalue weighted by Crippen LogP contribution is 2.31. The monoisotopic (exact) mass is 262 g/mol. The molecule has 0 amide bonds. The van der Waals surface area contributed by atoms with E-state index in [1.807, 2.05) is 0 Å². The third-order valence-corrected chi connectivity index (χ3v) is 3.01. The fourth-order valence-corrected chi connectivity index (χ4v) is 1.92. The van der Waals surface area contributed by atoms with Crippen molar-refractivity contribution in [1.82, 2.24) is 9.55 Å². The van der Waals surface area contributed by atoms with Crippen LogP contribution in [0.1, 0.15) is 18.2 Å². The molecule has 2 atom stereocenters. The molecule has 0 fully saturated rings. The van der Waals surface area contributed by atoms with Crippen LogP contribution in [0.2, 0.25) is 0 Å². The summed E-state index contributed by atoms with van der Waals surface area (Å²) in [5.74, 6) is 2.43. The zero-order valence-electron chi connectivity index (χ0n) is 10.4. The average Bonchev–Trinajstić information content (AvgIpc) is 2.79. The smallest absolute Gasteiger partial charge is 0.330 e. The minimum atomic E-state index is -0.969. The molecule has 19 heavy (non-hydrogen) atoms. The molecule has 6 heteroatoms. The van der Waals surface area contributed by atoms with E-state index < -0.39 is 23.1 Å². The molecule has 0 aliphatic carbocycles. The first-order chi connectivity index (χ1) is 9.01. The highest BCUT2D eigenvalue weighted by Gasteiger charge is 2.35. The van der Waals surface area contributed by atoms with Crippen molar-refractivity contribution in [2.24, 2.45) is 0 Å². The van der Waals surface area contributed by atoms with Crippen LogP contribution < -0.4 is 11.2 Å². The van der Waals surface area contributed by atoms with Crippen LogP contribution >= 0.6 is 0 Å². The molecule has 0 aromatic carbocycles. The van der Waals surface area contributed by atoms with Crippen molar-refractivity contribution in [2.75, 3.05) is 6.61 Å². The van der Waals surface area contributed by atoms with Gasteiger partial charge in [0.25, 0.3) is 5.56 Å². The van der Waals surface area contributed by atoms with E-state index in [9.17, 15) is 14.7 Å². The third kappa shape index (κ3) is 2.38. The van der Waals surface area contributed by atoms with Crippen molar-refractivity contribution in [3.05, 3.63) is 44.8 Å². The first-order valence-corrected chi connectivity index (χ1v) is 5.75. The minimum absolute atomic E-state index is 0.202. The number of aromatic amines is 1. The van der Waals surface area contributed by atoms with Crippen LogP contribution in [0.4, 0.5) is 0 Å². The summed E-state index contributed by atoms with van der Waals surface area (Å²) in [5, 5.41) is 9.36. The van der Waals surface area contributed by atoms with Gasteiger partial charge in [0, 0.05) is 18.2 Å². The van der Waals surface area contributed by atoms with E-state index in [0.29, 0.717) is 5.56 Å². The SMILES string of the molecule is C#CC[C@@]1(CO)C=C[C@H](n2cc(C)c(=O)[nH]c2=O)O1. The van der Waals surface area contributed by atoms with E-state index in [-0.39, 0.29) is 13.0 Å². The van der Waals surface area contributed by atoms with Crippen molar-refractivity contribution >= 4 is 0 Å². The number of rotatable bonds is 3. The van der Waals surface area contributed by atoms with Crippen LogP contribution in [0.15, 0.2) is 27.9 Å². The fourth-order valence-electron chi connectivity index (χ4n) is 1.92. The molecule has 0 saturated heterocycles. The molecule has 0 radical (unpaired) electrons. The maximum Gasteiger partial charge on any atom is 0.330 e. The van der Waals surface area contributed by atoms with Gasteiger partial charge >= 0.3 is 5.69 Å². The van der Waals surface area contributed by atoms with Gasteiger partial charge in [0.05, 0.1) is 6.61 Å². The predicted octanol–water partition coefficient (Wildman–Crippen LogP) is -0.316. The summed E-state index contributed by atoms with van der Waals surface area (Å²) in [6.07, 6.45) is 9.44. The largest absolute Gasteiger partial charge is 0.393 e. The quantitative estimate of drug-likeness (QED) is 0.578. The van der Waals surface area contributed by atoms with Crippen molar-refractivity contribution in [3.8, 4) is 12.3 Å². The summed E-state index contributed by atoms with van der Waals surface area (Å²) < 4.78 is 6.89. The summed E-state index contributed by atoms with van der Waals surface area (Å²) >= 11 is 0. The number of aliphatic hydroxyl groups excluding tert-OH is 1. The minimum Gasteiger partial charge on any atom is -0.393 e. The number of terminal acetylenes is 1. The van der Waals surface area contributed by atoms with Crippen molar-refractivity contribution < 1.29 is 9.84 Å². The van der Waals surface area contributed by atoms with Gasteiger partial charge in [-0.25, -0.2) is 4.79 Å². The molecule has 0 unspecified atom stereocenters. The van der Waals surface area contributed by atoms with Gasteiger partial charge in [-0.05, 0) is 19.1 Å². The number of H-pyrrole nitrogens is 1. The Hall–Kier alpha value is -2.10. The standard InChI is InChI=1S/C13H14N2O4/c1-3-5-13(8-16)6-4-10(19-13)15-7-9(2)11(17)14-12(15)18/h1,4,6-7,10,16H,5,8H2,2H3,(H,14,17,18)/t10-,13+/m1/s1. The Labute approximate surface area is 109 Å². The van der Waals surface area contributed by atoms with Gasteiger partial charge in [-0.3, -0.25) is 14.3 Å². The topological polar surface area (TPSA) is 84.3 Å². The maximum absolute atomic E-state index is 11.7. The second kappa shape index (κ2) is 4.88. The summed E-state index contributed by atoms with van der Waals surface area (Å²) in [4.78, 5) is 25.2. The molecule has 2 heterocycles. The summed E-state index contributed by atoms with van der Waals surface area (Å²) in [7, 11) is 0. The molecule has 1 aromatic heterocycles. The van der Waals surface area contributed by atoms with Gasteiger partial charge < -0.3 is 9.84 Å². The number of aromatic nitrogens is 2. The highest BCUT2D eigenvalue weighted by molar-refractivity contribution is 5.15. The first kappa shape index (κ1) is 13.3. The number of aliphatic hydroxyl groups is 1. The molecule has 2 N–H and O–H groups in total. The Morgan fingerprint density at radius 3 is 3.00 bits per heavy atom. The van der Waals surface area contributed by atoms with E-state index in [4.69, 9.17) is 11.2 Å². The molecule has 0 spiro atoms. The van der Waals surface area contributed by atoms with Gasteiger partial charge in [0.2, 0.25) is 0 Å². The first-order valence-electron chi connectivity index (χ1n) is 5.75. The molecule has 1 aliphatic rings. The van der Waals surface area contributed by atoms with E-state index in [2.05, 4.69) is 10.9 Å². The maximum atomic E-state index is 11.7. The second-order valence-electron chi connectivity index (χ2n) is 4.45. The molecule has 100 valence electrons. The van der Waals surface area contributed by atoms with Gasteiger partial charge in [0.15, 0.2) is 6.23 Å². The Balaban J connectivity index is 2.35. The zero-order valence-corrected chi connectivity index (χ0v) is 10.4. The van der Waals surface area contributed by atoms with Gasteiger partial charge in [-0.1, -0.05) is 0 Å². The molecule has 6 nitrogen and oxygen atoms in total. The third-order valence-electron chi connectivity index (χ3n) is 3.01. The lowest BCUT2D eigenvalue weighted by Gasteiger charge is -2.25. The normalized spacial score (nSPS) is 25.4. The average molecular weight is 262 g/mol. The Morgan fingerprint density at radius 2 is 2.37 bits per heavy atom. The molecule has 1 aliphatic heterocycles. The molecular weight excluding hydrogens is 248 g/mol. The Bertz CT molecular complexity index is 664. The predicted molar refractivity (Wildman–Crippen MR) is 68.6 cm³/mol. The molecule has 1 aromatic rings. The highest BCUT2D eigenvalue weighted by atomic mass is 16.5. The van der Waals surface area contributed by atoms with Gasteiger partial charge in [-0.2, -0.15) is 0 Å². The summed E-state index contributed by atoms with van der Waals surface area (Å²) in [5.41, 5.74) is -1.57. The summed E-state index contributed by atoms with van der Waals surface area (Å²) in [6.45, 7) is 1.31. The van der Waals surface area contributed by atoms with Crippen LogP contribution in [0.5, 0.6) is 0 Å². The van der Waals surface area contributed by atoms with E-state index in [1.54, 1.807) is 19.1 Å². The molecule has 0 saturated carbocycles. The van der Waals surface area contributed by atoms with Crippen molar-refractivity contribution in [2.45, 2.75) is 25.2 Å². The second-order valence-corrected chi connectivity index (χ2v) is 4.45. The van der Waals surface area contributed by atoms with Crippen LogP contribution in [0.3, 0.4) is 0 Å². The number of ether oxygens (including phenoxy) is 1. The van der Waals surface area contributed by atoms with Crippen LogP contribution in [-0.4, -0.2) is 26.9 Å². The van der Waals surface area contributed by atoms with Crippen LogP contribution in [0.25, 0.3) is 0 Å². The lowest BCUT2D eigenvalue weighted by Crippen LogP contribution is -2.37. The zero-order chi connectivity index (χ0) is 14.0. The summed E-state index contributed by atoms with van der Waals surface area (Å²) in [6, 6.07) is 0. The number of hydrogen-bond acceptors (Lipinski definition) is 4. The number of hydrogen-bond donors (Lipinski definition) is 2. The van der Waals surface area contributed by atoms with E-state index in [0.717, 1.165) is 0 Å². The number of nitrogens with zero attached hydrogens (tertiary/aromatic N) is 1. The fraction of sp³-hybridized carbons (Fsp3) is 0.385. The van der Waals surface area contributed by atoms with Crippen LogP contribution in [0, 0.1) is 19.3 Å². The van der Waals surface area contributed by atoms with Crippen LogP contribution in [-0.2, 0) is 4.74 Å². The van der Waals surface area contributed by atoms with Crippen molar-refractivity contribution in [1.29, 1.82) is 0 Å². The van der Waals surface area contributed by atoms with Crippen molar-refractivity contribution in [3.63, 3.8) is 0 Å². The molecule has 2 rings (SSSR count). The van der Waals surface area contributed by atoms with E-state index in [1.165, 1.54) is 10.8 Å². The Morgan fingerprint density at radius 1 is 1.63 bits per heavy atom. The molecule has 0 bridgehead atoms. The van der Waals surface area contributed by atoms with E-state index >= 15 is 0 Å². The number of aryl methyl sites for hydroxylation is 1.